The second-order valence-corrected chi connectivity index (χ2v) is 21.4. The van der Waals surface area contributed by atoms with Crippen LogP contribution in [0.2, 0.25) is 30.7 Å². The van der Waals surface area contributed by atoms with Gasteiger partial charge in [-0.05, 0) is 28.4 Å². The predicted molar refractivity (Wildman–Crippen MR) is 153 cm³/mol. The summed E-state index contributed by atoms with van der Waals surface area (Å²) in [6, 6.07) is 22.3. The first-order valence-electron chi connectivity index (χ1n) is 12.6. The molecular weight excluding hydrogens is 482 g/mol. The van der Waals surface area contributed by atoms with Crippen molar-refractivity contribution in [3.63, 3.8) is 0 Å². The van der Waals surface area contributed by atoms with E-state index in [1.165, 1.54) is 10.4 Å². The minimum absolute atomic E-state index is 0.121. The fraction of sp³-hybridized carbons (Fsp3) is 0.429. The van der Waals surface area contributed by atoms with Crippen molar-refractivity contribution in [2.24, 2.45) is 5.16 Å². The molecule has 36 heavy (non-hydrogen) atoms. The third kappa shape index (κ3) is 6.61. The first-order valence-corrected chi connectivity index (χ1v) is 18.2. The van der Waals surface area contributed by atoms with E-state index in [2.05, 4.69) is 94.1 Å². The summed E-state index contributed by atoms with van der Waals surface area (Å²) >= 11 is 0. The summed E-state index contributed by atoms with van der Waals surface area (Å²) < 4.78 is 14.9. The molecule has 0 amide bonds. The maximum Gasteiger partial charge on any atom is 0.261 e. The number of hydrogen-bond donors (Lipinski definition) is 1. The van der Waals surface area contributed by atoms with Gasteiger partial charge in [0.1, 0.15) is 12.4 Å². The number of benzene rings is 2. The molecule has 3 aromatic rings. The van der Waals surface area contributed by atoms with Gasteiger partial charge in [0.25, 0.3) is 8.32 Å². The number of hydrogen-bond acceptors (Lipinski definition) is 5. The summed E-state index contributed by atoms with van der Waals surface area (Å²) in [5, 5.41) is 15.2. The van der Waals surface area contributed by atoms with Crippen molar-refractivity contribution in [2.75, 3.05) is 6.61 Å². The molecule has 0 aliphatic rings. The van der Waals surface area contributed by atoms with Crippen molar-refractivity contribution in [2.45, 2.75) is 71.8 Å². The molecule has 0 aliphatic carbocycles. The summed E-state index contributed by atoms with van der Waals surface area (Å²) in [6.45, 7) is 16.9. The molecule has 1 N–H and O–H groups in total. The van der Waals surface area contributed by atoms with Crippen LogP contribution in [0.5, 0.6) is 0 Å². The lowest BCUT2D eigenvalue weighted by Crippen LogP contribution is -2.66. The van der Waals surface area contributed by atoms with Gasteiger partial charge in [-0.2, -0.15) is 0 Å². The molecule has 0 aliphatic heterocycles. The molecule has 1 aromatic heterocycles. The quantitative estimate of drug-likeness (QED) is 0.119. The summed E-state index contributed by atoms with van der Waals surface area (Å²) in [5.41, 5.74) is 1.23. The Hall–Kier alpha value is -2.53. The Morgan fingerprint density at radius 1 is 0.972 bits per heavy atom. The second kappa shape index (κ2) is 11.7. The summed E-state index contributed by atoms with van der Waals surface area (Å²) in [6.07, 6.45) is 1.95. The van der Waals surface area contributed by atoms with E-state index in [9.17, 15) is 5.21 Å². The van der Waals surface area contributed by atoms with Crippen molar-refractivity contribution in [1.82, 2.24) is 9.55 Å². The first-order chi connectivity index (χ1) is 17.0. The molecular formula is C28H41N3O3Si2. The van der Waals surface area contributed by atoms with Gasteiger partial charge in [-0.25, -0.2) is 4.98 Å². The predicted octanol–water partition coefficient (Wildman–Crippen LogP) is 5.47. The Bertz CT molecular complexity index is 1090. The number of imidazole rings is 1. The van der Waals surface area contributed by atoms with Crippen molar-refractivity contribution in [1.29, 1.82) is 0 Å². The van der Waals surface area contributed by atoms with E-state index in [0.29, 0.717) is 31.5 Å². The van der Waals surface area contributed by atoms with Gasteiger partial charge >= 0.3 is 0 Å². The van der Waals surface area contributed by atoms with E-state index in [0.717, 1.165) is 11.7 Å². The van der Waals surface area contributed by atoms with E-state index in [-0.39, 0.29) is 5.04 Å². The third-order valence-corrected chi connectivity index (χ3v) is 13.1. The minimum Gasteiger partial charge on any atom is -0.411 e. The van der Waals surface area contributed by atoms with Crippen molar-refractivity contribution in [3.05, 3.63) is 78.4 Å². The lowest BCUT2D eigenvalue weighted by Gasteiger charge is -2.42. The highest BCUT2D eigenvalue weighted by molar-refractivity contribution is 6.99. The van der Waals surface area contributed by atoms with Crippen LogP contribution >= 0.6 is 0 Å². The standard InChI is InChI=1S/C28H41N3O3Si2/c1-23(30-32)27-29-24(20-31(27)22-33-18-19-35(5,6)7)21-34-36(28(2,3)4,25-14-10-8-11-15-25)26-16-12-9-13-17-26/h8-17,20,32H,18-19,21-22H2,1-7H3/b30-23-. The average Bonchev–Trinajstić information content (AvgIpc) is 3.24. The zero-order valence-corrected chi connectivity index (χ0v) is 24.8. The monoisotopic (exact) mass is 523 g/mol. The number of ether oxygens (including phenoxy) is 1. The van der Waals surface area contributed by atoms with Gasteiger partial charge < -0.3 is 18.9 Å². The maximum absolute atomic E-state index is 9.44. The Morgan fingerprint density at radius 2 is 1.53 bits per heavy atom. The van der Waals surface area contributed by atoms with Crippen LogP contribution in [0.4, 0.5) is 0 Å². The van der Waals surface area contributed by atoms with Crippen molar-refractivity contribution in [3.8, 4) is 0 Å². The van der Waals surface area contributed by atoms with E-state index >= 15 is 0 Å². The molecule has 0 fully saturated rings. The number of aromatic nitrogens is 2. The number of rotatable bonds is 11. The van der Waals surface area contributed by atoms with Crippen LogP contribution < -0.4 is 10.4 Å². The summed E-state index contributed by atoms with van der Waals surface area (Å²) in [7, 11) is -3.86. The van der Waals surface area contributed by atoms with Crippen LogP contribution in [-0.4, -0.2) is 43.5 Å². The van der Waals surface area contributed by atoms with Gasteiger partial charge in [-0.1, -0.05) is 106 Å². The lowest BCUT2D eigenvalue weighted by atomic mass is 10.2. The zero-order chi connectivity index (χ0) is 26.4. The average molecular weight is 524 g/mol. The highest BCUT2D eigenvalue weighted by Crippen LogP contribution is 2.37. The SMILES string of the molecule is C/C(=N/O)c1nc(CO[Si](c2ccccc2)(c2ccccc2)C(C)(C)C)cn1COCC[Si](C)(C)C. The second-order valence-electron chi connectivity index (χ2n) is 11.5. The van der Waals surface area contributed by atoms with Gasteiger partial charge in [0.15, 0.2) is 5.82 Å². The smallest absolute Gasteiger partial charge is 0.261 e. The van der Waals surface area contributed by atoms with Crippen LogP contribution in [-0.2, 0) is 22.5 Å². The number of oxime groups is 1. The summed E-state index contributed by atoms with van der Waals surface area (Å²) in [5.74, 6) is 0.589. The molecule has 0 unspecified atom stereocenters. The third-order valence-electron chi connectivity index (χ3n) is 6.38. The molecule has 8 heteroatoms. The van der Waals surface area contributed by atoms with E-state index in [1.54, 1.807) is 6.92 Å². The highest BCUT2D eigenvalue weighted by atomic mass is 28.4. The van der Waals surface area contributed by atoms with Crippen LogP contribution in [0.3, 0.4) is 0 Å². The number of nitrogens with zero attached hydrogens (tertiary/aromatic N) is 3. The molecule has 1 heterocycles. The maximum atomic E-state index is 9.44. The van der Waals surface area contributed by atoms with E-state index in [4.69, 9.17) is 14.1 Å². The van der Waals surface area contributed by atoms with Gasteiger partial charge in [-0.3, -0.25) is 0 Å². The zero-order valence-electron chi connectivity index (χ0n) is 22.8. The highest BCUT2D eigenvalue weighted by Gasteiger charge is 2.50. The minimum atomic E-state index is -2.68. The van der Waals surface area contributed by atoms with Crippen LogP contribution in [0.15, 0.2) is 72.0 Å². The van der Waals surface area contributed by atoms with Crippen LogP contribution in [0, 0.1) is 0 Å². The molecule has 0 atom stereocenters. The Morgan fingerprint density at radius 3 is 2.00 bits per heavy atom. The van der Waals surface area contributed by atoms with Gasteiger partial charge in [-0.15, -0.1) is 0 Å². The molecule has 0 saturated carbocycles. The van der Waals surface area contributed by atoms with Crippen molar-refractivity contribution < 1.29 is 14.4 Å². The molecule has 6 nitrogen and oxygen atoms in total. The largest absolute Gasteiger partial charge is 0.411 e. The fourth-order valence-corrected chi connectivity index (χ4v) is 9.73. The topological polar surface area (TPSA) is 68.9 Å². The molecule has 0 saturated heterocycles. The van der Waals surface area contributed by atoms with Gasteiger partial charge in [0, 0.05) is 20.9 Å². The molecule has 0 spiro atoms. The molecule has 0 radical (unpaired) electrons. The van der Waals surface area contributed by atoms with Gasteiger partial charge in [0.2, 0.25) is 0 Å². The Labute approximate surface area is 218 Å². The molecule has 3 rings (SSSR count). The van der Waals surface area contributed by atoms with E-state index in [1.807, 2.05) is 22.9 Å². The fourth-order valence-electron chi connectivity index (χ4n) is 4.46. The summed E-state index contributed by atoms with van der Waals surface area (Å²) in [4.78, 5) is 4.78. The lowest BCUT2D eigenvalue weighted by molar-refractivity contribution is 0.0866. The molecule has 0 bridgehead atoms. The Kier molecular flexibility index (Phi) is 9.10. The normalized spacial score (nSPS) is 13.2. The molecule has 194 valence electrons. The Balaban J connectivity index is 1.94. The first kappa shape index (κ1) is 28.1. The van der Waals surface area contributed by atoms with Crippen LogP contribution in [0.1, 0.15) is 39.2 Å². The van der Waals surface area contributed by atoms with E-state index < -0.39 is 16.4 Å². The van der Waals surface area contributed by atoms with Crippen LogP contribution in [0.25, 0.3) is 0 Å². The van der Waals surface area contributed by atoms with Crippen molar-refractivity contribution >= 4 is 32.5 Å². The van der Waals surface area contributed by atoms with Gasteiger partial charge in [0.05, 0.1) is 12.3 Å². The molecule has 2 aromatic carbocycles.